The summed E-state index contributed by atoms with van der Waals surface area (Å²) < 4.78 is 0. The monoisotopic (exact) mass is 235 g/mol. The molecule has 0 unspecified atom stereocenters. The maximum Gasteiger partial charge on any atom is 0.130 e. The van der Waals surface area contributed by atoms with E-state index in [4.69, 9.17) is 11.6 Å². The number of benzene rings is 1. The van der Waals surface area contributed by atoms with Crippen LogP contribution in [0.2, 0.25) is 5.15 Å². The van der Waals surface area contributed by atoms with Gasteiger partial charge >= 0.3 is 0 Å². The minimum Gasteiger partial charge on any atom is -0.229 e. The van der Waals surface area contributed by atoms with E-state index >= 15 is 0 Å². The van der Waals surface area contributed by atoms with Gasteiger partial charge in [0, 0.05) is 4.90 Å². The first kappa shape index (κ1) is 10.5. The second kappa shape index (κ2) is 4.69. The third-order valence-corrected chi connectivity index (χ3v) is 3.32. The SMILES string of the molecule is Cc1ccccc1Sc1cccc(Cl)n1. The van der Waals surface area contributed by atoms with Gasteiger partial charge in [-0.15, -0.1) is 0 Å². The lowest BCUT2D eigenvalue weighted by Gasteiger charge is -2.04. The lowest BCUT2D eigenvalue weighted by Crippen LogP contribution is -1.82. The first-order valence-corrected chi connectivity index (χ1v) is 5.81. The van der Waals surface area contributed by atoms with Crippen molar-refractivity contribution in [1.29, 1.82) is 0 Å². The van der Waals surface area contributed by atoms with Crippen molar-refractivity contribution in [2.24, 2.45) is 0 Å². The molecule has 1 aromatic carbocycles. The summed E-state index contributed by atoms with van der Waals surface area (Å²) in [5, 5.41) is 1.46. The Morgan fingerprint density at radius 1 is 1.07 bits per heavy atom. The number of rotatable bonds is 2. The Bertz CT molecular complexity index is 471. The highest BCUT2D eigenvalue weighted by Crippen LogP contribution is 2.29. The Labute approximate surface area is 98.5 Å². The van der Waals surface area contributed by atoms with Crippen LogP contribution in [0, 0.1) is 6.92 Å². The van der Waals surface area contributed by atoms with E-state index in [1.165, 1.54) is 10.5 Å². The average Bonchev–Trinajstić information content (AvgIpc) is 2.22. The van der Waals surface area contributed by atoms with Crippen LogP contribution in [0.25, 0.3) is 0 Å². The molecule has 2 aromatic rings. The van der Waals surface area contributed by atoms with Gasteiger partial charge in [-0.3, -0.25) is 0 Å². The molecular weight excluding hydrogens is 226 g/mol. The van der Waals surface area contributed by atoms with E-state index in [1.54, 1.807) is 17.8 Å². The fraction of sp³-hybridized carbons (Fsp3) is 0.0833. The molecule has 0 aliphatic rings. The fourth-order valence-electron chi connectivity index (χ4n) is 1.23. The molecule has 3 heteroatoms. The van der Waals surface area contributed by atoms with Gasteiger partial charge in [0.2, 0.25) is 0 Å². The van der Waals surface area contributed by atoms with Crippen molar-refractivity contribution in [2.45, 2.75) is 16.8 Å². The predicted molar refractivity (Wildman–Crippen MR) is 64.5 cm³/mol. The normalized spacial score (nSPS) is 10.3. The molecule has 1 nitrogen and oxygen atoms in total. The molecule has 0 bridgehead atoms. The zero-order valence-corrected chi connectivity index (χ0v) is 9.85. The van der Waals surface area contributed by atoms with Crippen LogP contribution in [0.15, 0.2) is 52.4 Å². The summed E-state index contributed by atoms with van der Waals surface area (Å²) in [6.45, 7) is 2.09. The zero-order valence-electron chi connectivity index (χ0n) is 8.27. The molecule has 2 rings (SSSR count). The van der Waals surface area contributed by atoms with Crippen LogP contribution in [-0.4, -0.2) is 4.98 Å². The third-order valence-electron chi connectivity index (χ3n) is 2.00. The van der Waals surface area contributed by atoms with Gasteiger partial charge in [0.1, 0.15) is 10.2 Å². The highest BCUT2D eigenvalue weighted by Gasteiger charge is 2.01. The van der Waals surface area contributed by atoms with E-state index in [1.807, 2.05) is 24.3 Å². The number of pyridine rings is 1. The van der Waals surface area contributed by atoms with Gasteiger partial charge < -0.3 is 0 Å². The smallest absolute Gasteiger partial charge is 0.130 e. The zero-order chi connectivity index (χ0) is 10.7. The van der Waals surface area contributed by atoms with Crippen molar-refractivity contribution in [2.75, 3.05) is 0 Å². The lowest BCUT2D eigenvalue weighted by atomic mass is 10.2. The van der Waals surface area contributed by atoms with E-state index in [2.05, 4.69) is 24.0 Å². The Morgan fingerprint density at radius 2 is 1.87 bits per heavy atom. The standard InChI is InChI=1S/C12H10ClNS/c1-9-5-2-3-6-10(9)15-12-8-4-7-11(13)14-12/h2-8H,1H3. The molecule has 1 heterocycles. The molecular formula is C12H10ClNS. The Morgan fingerprint density at radius 3 is 2.60 bits per heavy atom. The Balaban J connectivity index is 2.26. The molecule has 15 heavy (non-hydrogen) atoms. The summed E-state index contributed by atoms with van der Waals surface area (Å²) in [6, 6.07) is 13.9. The molecule has 0 aliphatic heterocycles. The van der Waals surface area contributed by atoms with Crippen molar-refractivity contribution < 1.29 is 0 Å². The van der Waals surface area contributed by atoms with Crippen molar-refractivity contribution in [1.82, 2.24) is 4.98 Å². The van der Waals surface area contributed by atoms with E-state index in [9.17, 15) is 0 Å². The molecule has 0 saturated heterocycles. The molecule has 0 radical (unpaired) electrons. The van der Waals surface area contributed by atoms with Crippen molar-refractivity contribution in [3.05, 3.63) is 53.2 Å². The topological polar surface area (TPSA) is 12.9 Å². The van der Waals surface area contributed by atoms with Gasteiger partial charge in [-0.1, -0.05) is 47.6 Å². The van der Waals surface area contributed by atoms with Crippen LogP contribution in [0.5, 0.6) is 0 Å². The highest BCUT2D eigenvalue weighted by molar-refractivity contribution is 7.99. The molecule has 0 spiro atoms. The maximum atomic E-state index is 5.83. The van der Waals surface area contributed by atoms with Crippen LogP contribution < -0.4 is 0 Å². The molecule has 0 fully saturated rings. The van der Waals surface area contributed by atoms with Crippen LogP contribution in [0.4, 0.5) is 0 Å². The van der Waals surface area contributed by atoms with Crippen molar-refractivity contribution in [3.8, 4) is 0 Å². The minimum absolute atomic E-state index is 0.536. The maximum absolute atomic E-state index is 5.83. The number of aromatic nitrogens is 1. The molecule has 1 aromatic heterocycles. The van der Waals surface area contributed by atoms with E-state index < -0.39 is 0 Å². The highest BCUT2D eigenvalue weighted by atomic mass is 35.5. The summed E-state index contributed by atoms with van der Waals surface area (Å²) in [5.41, 5.74) is 1.25. The fourth-order valence-corrected chi connectivity index (χ4v) is 2.34. The average molecular weight is 236 g/mol. The Hall–Kier alpha value is -0.990. The summed E-state index contributed by atoms with van der Waals surface area (Å²) in [6.07, 6.45) is 0. The molecule has 0 N–H and O–H groups in total. The van der Waals surface area contributed by atoms with Gasteiger partial charge in [-0.2, -0.15) is 0 Å². The summed E-state index contributed by atoms with van der Waals surface area (Å²) in [5.74, 6) is 0. The number of hydrogen-bond donors (Lipinski definition) is 0. The minimum atomic E-state index is 0.536. The first-order valence-electron chi connectivity index (χ1n) is 4.62. The summed E-state index contributed by atoms with van der Waals surface area (Å²) >= 11 is 7.46. The van der Waals surface area contributed by atoms with Gasteiger partial charge in [-0.05, 0) is 30.7 Å². The summed E-state index contributed by atoms with van der Waals surface area (Å²) in [7, 11) is 0. The molecule has 76 valence electrons. The van der Waals surface area contributed by atoms with E-state index in [-0.39, 0.29) is 0 Å². The number of aryl methyl sites for hydroxylation is 1. The molecule has 0 atom stereocenters. The second-order valence-electron chi connectivity index (χ2n) is 3.17. The molecule has 0 amide bonds. The molecule has 0 saturated carbocycles. The largest absolute Gasteiger partial charge is 0.229 e. The summed E-state index contributed by atoms with van der Waals surface area (Å²) in [4.78, 5) is 5.45. The van der Waals surface area contributed by atoms with Crippen LogP contribution in [0.3, 0.4) is 0 Å². The van der Waals surface area contributed by atoms with Gasteiger partial charge in [-0.25, -0.2) is 4.98 Å². The van der Waals surface area contributed by atoms with Crippen LogP contribution in [-0.2, 0) is 0 Å². The molecule has 0 aliphatic carbocycles. The Kier molecular flexibility index (Phi) is 3.29. The van der Waals surface area contributed by atoms with Gasteiger partial charge in [0.05, 0.1) is 0 Å². The number of halogens is 1. The van der Waals surface area contributed by atoms with E-state index in [0.29, 0.717) is 5.15 Å². The lowest BCUT2D eigenvalue weighted by molar-refractivity contribution is 1.13. The number of nitrogens with zero attached hydrogens (tertiary/aromatic N) is 1. The van der Waals surface area contributed by atoms with Crippen molar-refractivity contribution >= 4 is 23.4 Å². The first-order chi connectivity index (χ1) is 7.25. The second-order valence-corrected chi connectivity index (χ2v) is 4.62. The third kappa shape index (κ3) is 2.74. The van der Waals surface area contributed by atoms with Crippen molar-refractivity contribution in [3.63, 3.8) is 0 Å². The van der Waals surface area contributed by atoms with Crippen LogP contribution in [0.1, 0.15) is 5.56 Å². The van der Waals surface area contributed by atoms with Gasteiger partial charge in [0.25, 0.3) is 0 Å². The quantitative estimate of drug-likeness (QED) is 0.724. The predicted octanol–water partition coefficient (Wildman–Crippen LogP) is 4.19. The van der Waals surface area contributed by atoms with Crippen LogP contribution >= 0.6 is 23.4 Å². The number of hydrogen-bond acceptors (Lipinski definition) is 2. The van der Waals surface area contributed by atoms with E-state index in [0.717, 1.165) is 5.03 Å². The van der Waals surface area contributed by atoms with Gasteiger partial charge in [0.15, 0.2) is 0 Å².